The largest absolute Gasteiger partial charge is 0.437 e. The first-order valence-electron chi connectivity index (χ1n) is 14.0. The molecule has 39 heavy (non-hydrogen) atoms. The third kappa shape index (κ3) is 6.64. The van der Waals surface area contributed by atoms with Crippen LogP contribution in [0, 0.1) is 5.92 Å². The minimum atomic E-state index is 0.559. The summed E-state index contributed by atoms with van der Waals surface area (Å²) in [5.41, 5.74) is 3.46. The third-order valence-corrected chi connectivity index (χ3v) is 8.34. The topological polar surface area (TPSA) is 66.4 Å². The van der Waals surface area contributed by atoms with Gasteiger partial charge in [-0.2, -0.15) is 4.37 Å². The zero-order valence-electron chi connectivity index (χ0n) is 22.5. The Hall–Kier alpha value is -3.33. The second kappa shape index (κ2) is 12.2. The average Bonchev–Trinajstić information content (AvgIpc) is 3.60. The maximum Gasteiger partial charge on any atom is 0.243 e. The lowest BCUT2D eigenvalue weighted by Gasteiger charge is -2.34. The summed E-state index contributed by atoms with van der Waals surface area (Å²) in [4.78, 5) is 14.3. The number of hydrogen-bond acceptors (Lipinski definition) is 8. The predicted molar refractivity (Wildman–Crippen MR) is 157 cm³/mol. The van der Waals surface area contributed by atoms with Crippen LogP contribution < -0.4 is 10.1 Å². The Morgan fingerprint density at radius 2 is 1.69 bits per heavy atom. The van der Waals surface area contributed by atoms with E-state index in [0.29, 0.717) is 11.8 Å². The Bertz CT molecular complexity index is 1350. The Kier molecular flexibility index (Phi) is 8.13. The summed E-state index contributed by atoms with van der Waals surface area (Å²) in [6.45, 7) is 8.20. The van der Waals surface area contributed by atoms with Crippen molar-refractivity contribution in [3.63, 3.8) is 0 Å². The van der Waals surface area contributed by atoms with Crippen molar-refractivity contribution in [1.82, 2.24) is 24.1 Å². The van der Waals surface area contributed by atoms with Gasteiger partial charge in [0.05, 0.1) is 6.54 Å². The van der Waals surface area contributed by atoms with Gasteiger partial charge in [-0.1, -0.05) is 68.3 Å². The van der Waals surface area contributed by atoms with Gasteiger partial charge in [0.15, 0.2) is 5.82 Å². The monoisotopic (exact) mass is 540 g/mol. The number of piperazine rings is 1. The van der Waals surface area contributed by atoms with Crippen molar-refractivity contribution in [1.29, 1.82) is 0 Å². The lowest BCUT2D eigenvalue weighted by Crippen LogP contribution is -2.45. The molecule has 3 heterocycles. The molecular weight excluding hydrogens is 504 g/mol. The van der Waals surface area contributed by atoms with E-state index < -0.39 is 0 Å². The Balaban J connectivity index is 1.05. The van der Waals surface area contributed by atoms with Crippen molar-refractivity contribution >= 4 is 22.4 Å². The number of rotatable bonds is 11. The molecular formula is C31H36N6OS. The van der Waals surface area contributed by atoms with Crippen LogP contribution in [-0.4, -0.2) is 50.3 Å². The number of anilines is 2. The van der Waals surface area contributed by atoms with Gasteiger partial charge in [0.1, 0.15) is 11.4 Å². The molecule has 2 aromatic heterocycles. The predicted octanol–water partition coefficient (Wildman–Crippen LogP) is 6.69. The molecule has 2 atom stereocenters. The number of para-hydroxylation sites is 1. The molecule has 2 aromatic carbocycles. The van der Waals surface area contributed by atoms with E-state index in [4.69, 9.17) is 9.72 Å². The fourth-order valence-electron chi connectivity index (χ4n) is 5.50. The van der Waals surface area contributed by atoms with E-state index in [9.17, 15) is 0 Å². The molecule has 1 N–H and O–H groups in total. The van der Waals surface area contributed by atoms with Gasteiger partial charge in [-0.05, 0) is 47.6 Å². The van der Waals surface area contributed by atoms with Crippen molar-refractivity contribution in [2.24, 2.45) is 5.92 Å². The Morgan fingerprint density at radius 3 is 2.51 bits per heavy atom. The van der Waals surface area contributed by atoms with Gasteiger partial charge in [-0.3, -0.25) is 9.80 Å². The molecule has 2 aliphatic rings. The van der Waals surface area contributed by atoms with E-state index in [-0.39, 0.29) is 0 Å². The molecule has 1 saturated heterocycles. The summed E-state index contributed by atoms with van der Waals surface area (Å²) >= 11 is 1.38. The maximum absolute atomic E-state index is 6.39. The minimum Gasteiger partial charge on any atom is -0.437 e. The number of nitrogens with zero attached hydrogens (tertiary/aromatic N) is 5. The molecule has 8 heteroatoms. The third-order valence-electron chi connectivity index (χ3n) is 7.67. The summed E-state index contributed by atoms with van der Waals surface area (Å²) < 4.78 is 11.0. The number of pyridine rings is 1. The molecule has 1 saturated carbocycles. The van der Waals surface area contributed by atoms with Crippen molar-refractivity contribution in [3.05, 3.63) is 89.9 Å². The number of nitrogens with one attached hydrogen (secondary N) is 1. The fourth-order valence-corrected chi connectivity index (χ4v) is 6.09. The fraction of sp³-hybridized carbons (Fsp3) is 0.387. The number of benzene rings is 2. The molecule has 0 amide bonds. The summed E-state index contributed by atoms with van der Waals surface area (Å²) in [6.07, 6.45) is 5.52. The first-order valence-corrected chi connectivity index (χ1v) is 14.8. The number of aromatic nitrogens is 3. The molecule has 1 aliphatic heterocycles. The van der Waals surface area contributed by atoms with Crippen LogP contribution >= 0.6 is 11.5 Å². The van der Waals surface area contributed by atoms with Crippen molar-refractivity contribution in [2.45, 2.75) is 45.2 Å². The van der Waals surface area contributed by atoms with E-state index in [1.807, 2.05) is 18.2 Å². The minimum absolute atomic E-state index is 0.559. The normalized spacial score (nSPS) is 19.6. The summed E-state index contributed by atoms with van der Waals surface area (Å²) in [5, 5.41) is 4.16. The second-order valence-electron chi connectivity index (χ2n) is 10.6. The molecule has 0 radical (unpaired) electrons. The molecule has 6 rings (SSSR count). The molecule has 2 unspecified atom stereocenters. The second-order valence-corrected chi connectivity index (χ2v) is 11.3. The Labute approximate surface area is 235 Å². The van der Waals surface area contributed by atoms with E-state index in [1.165, 1.54) is 41.9 Å². The molecule has 2 fully saturated rings. The van der Waals surface area contributed by atoms with Gasteiger partial charge in [0.2, 0.25) is 11.0 Å². The van der Waals surface area contributed by atoms with Crippen LogP contribution in [0.15, 0.2) is 72.9 Å². The quantitative estimate of drug-likeness (QED) is 0.227. The highest BCUT2D eigenvalue weighted by atomic mass is 32.1. The van der Waals surface area contributed by atoms with Crippen LogP contribution in [0.5, 0.6) is 11.6 Å². The average molecular weight is 541 g/mol. The van der Waals surface area contributed by atoms with Crippen molar-refractivity contribution in [2.75, 3.05) is 31.5 Å². The highest BCUT2D eigenvalue weighted by Crippen LogP contribution is 2.53. The van der Waals surface area contributed by atoms with Crippen LogP contribution in [0.2, 0.25) is 0 Å². The Morgan fingerprint density at radius 1 is 0.923 bits per heavy atom. The van der Waals surface area contributed by atoms with Crippen LogP contribution in [0.4, 0.5) is 10.8 Å². The molecule has 202 valence electrons. The first-order chi connectivity index (χ1) is 19.2. The highest BCUT2D eigenvalue weighted by Gasteiger charge is 2.39. The summed E-state index contributed by atoms with van der Waals surface area (Å²) in [6, 6.07) is 23.0. The first kappa shape index (κ1) is 25.9. The standard InChI is InChI=1S/C31H36N6OS/c1-2-9-24-20-26(24)25-12-6-7-14-28(25)38-30-27(13-8-15-32-30)33-31-34-29(35-39-31)22-37-18-16-36(17-19-37)21-23-10-4-3-5-11-23/h3-8,10-15,24,26H,2,9,16-22H2,1H3,(H,33,34,35). The zero-order chi connectivity index (χ0) is 26.4. The maximum atomic E-state index is 6.39. The van der Waals surface area contributed by atoms with Crippen LogP contribution in [0.25, 0.3) is 0 Å². The van der Waals surface area contributed by atoms with E-state index in [1.54, 1.807) is 6.20 Å². The SMILES string of the molecule is CCCC1CC1c1ccccc1Oc1ncccc1Nc1nc(CN2CCN(Cc3ccccc3)CC2)ns1. The van der Waals surface area contributed by atoms with Gasteiger partial charge in [-0.25, -0.2) is 9.97 Å². The molecule has 0 spiro atoms. The van der Waals surface area contributed by atoms with Gasteiger partial charge in [0.25, 0.3) is 0 Å². The highest BCUT2D eigenvalue weighted by molar-refractivity contribution is 7.09. The van der Waals surface area contributed by atoms with E-state index in [2.05, 4.69) is 79.9 Å². The van der Waals surface area contributed by atoms with Crippen LogP contribution in [0.3, 0.4) is 0 Å². The molecule has 1 aliphatic carbocycles. The van der Waals surface area contributed by atoms with Crippen molar-refractivity contribution in [3.8, 4) is 11.6 Å². The van der Waals surface area contributed by atoms with Gasteiger partial charge in [-0.15, -0.1) is 0 Å². The molecule has 0 bridgehead atoms. The smallest absolute Gasteiger partial charge is 0.243 e. The lowest BCUT2D eigenvalue weighted by atomic mass is 10.1. The molecule has 7 nitrogen and oxygen atoms in total. The van der Waals surface area contributed by atoms with Gasteiger partial charge in [0, 0.05) is 50.5 Å². The van der Waals surface area contributed by atoms with Crippen molar-refractivity contribution < 1.29 is 4.74 Å². The molecule has 4 aromatic rings. The lowest BCUT2D eigenvalue weighted by molar-refractivity contribution is 0.120. The van der Waals surface area contributed by atoms with E-state index >= 15 is 0 Å². The zero-order valence-corrected chi connectivity index (χ0v) is 23.3. The van der Waals surface area contributed by atoms with Gasteiger partial charge >= 0.3 is 0 Å². The summed E-state index contributed by atoms with van der Waals surface area (Å²) in [7, 11) is 0. The van der Waals surface area contributed by atoms with E-state index in [0.717, 1.165) is 67.6 Å². The number of hydrogen-bond donors (Lipinski definition) is 1. The summed E-state index contributed by atoms with van der Waals surface area (Å²) in [5.74, 6) is 3.67. The van der Waals surface area contributed by atoms with Crippen LogP contribution in [-0.2, 0) is 13.1 Å². The number of ether oxygens (including phenoxy) is 1. The van der Waals surface area contributed by atoms with Gasteiger partial charge < -0.3 is 10.1 Å². The van der Waals surface area contributed by atoms with Crippen LogP contribution in [0.1, 0.15) is 49.1 Å².